The van der Waals surface area contributed by atoms with Crippen molar-refractivity contribution in [2.45, 2.75) is 58.3 Å². The zero-order valence-corrected chi connectivity index (χ0v) is 12.1. The number of ether oxygens (including phenoxy) is 1. The fraction of sp³-hybridized carbons (Fsp3) is 0.588. The molecule has 0 unspecified atom stereocenters. The van der Waals surface area contributed by atoms with Crippen LogP contribution >= 0.6 is 0 Å². The lowest BCUT2D eigenvalue weighted by Crippen LogP contribution is -1.97. The average molecular weight is 262 g/mol. The smallest absolute Gasteiger partial charge is 0.119 e. The Bertz CT molecular complexity index is 330. The highest BCUT2D eigenvalue weighted by Gasteiger charge is 1.94. The van der Waals surface area contributed by atoms with Crippen molar-refractivity contribution in [1.29, 1.82) is 0 Å². The quantitative estimate of drug-likeness (QED) is 0.427. The van der Waals surface area contributed by atoms with Crippen molar-refractivity contribution in [3.8, 4) is 5.75 Å². The Hall–Kier alpha value is -1.31. The summed E-state index contributed by atoms with van der Waals surface area (Å²) >= 11 is 0. The van der Waals surface area contributed by atoms with Gasteiger partial charge < -0.3 is 9.53 Å². The van der Waals surface area contributed by atoms with Crippen LogP contribution in [0.15, 0.2) is 24.3 Å². The highest BCUT2D eigenvalue weighted by atomic mass is 16.5. The first-order chi connectivity index (χ1) is 9.33. The molecule has 19 heavy (non-hydrogen) atoms. The molecule has 1 aromatic rings. The molecule has 0 amide bonds. The molecule has 1 aromatic carbocycles. The standard InChI is InChI=1S/C17H26O2/c1-16-10-12-17(13-11-16)19-15-9-7-5-3-2-4-6-8-14-18/h10-14H,2-9,15H2,1H3. The number of rotatable bonds is 11. The van der Waals surface area contributed by atoms with Gasteiger partial charge in [0.25, 0.3) is 0 Å². The van der Waals surface area contributed by atoms with Crippen molar-refractivity contribution >= 4 is 6.29 Å². The summed E-state index contributed by atoms with van der Waals surface area (Å²) in [7, 11) is 0. The van der Waals surface area contributed by atoms with Crippen LogP contribution in [0.1, 0.15) is 56.9 Å². The van der Waals surface area contributed by atoms with Crippen molar-refractivity contribution < 1.29 is 9.53 Å². The number of aldehydes is 1. The summed E-state index contributed by atoms with van der Waals surface area (Å²) in [4.78, 5) is 10.1. The van der Waals surface area contributed by atoms with E-state index >= 15 is 0 Å². The second-order valence-electron chi connectivity index (χ2n) is 5.09. The topological polar surface area (TPSA) is 26.3 Å². The minimum atomic E-state index is 0.727. The minimum Gasteiger partial charge on any atom is -0.494 e. The molecule has 0 heterocycles. The lowest BCUT2D eigenvalue weighted by atomic mass is 10.1. The van der Waals surface area contributed by atoms with Crippen molar-refractivity contribution in [2.75, 3.05) is 6.61 Å². The fourth-order valence-electron chi connectivity index (χ4n) is 2.04. The lowest BCUT2D eigenvalue weighted by Gasteiger charge is -2.06. The van der Waals surface area contributed by atoms with Crippen molar-refractivity contribution in [3.63, 3.8) is 0 Å². The summed E-state index contributed by atoms with van der Waals surface area (Å²) in [6.07, 6.45) is 10.2. The van der Waals surface area contributed by atoms with E-state index < -0.39 is 0 Å². The van der Waals surface area contributed by atoms with Gasteiger partial charge >= 0.3 is 0 Å². The minimum absolute atomic E-state index is 0.727. The normalized spacial score (nSPS) is 10.4. The molecular formula is C17H26O2. The molecule has 0 fully saturated rings. The molecule has 0 aliphatic carbocycles. The molecule has 1 rings (SSSR count). The van der Waals surface area contributed by atoms with E-state index in [1.54, 1.807) is 0 Å². The van der Waals surface area contributed by atoms with Crippen LogP contribution in [0.5, 0.6) is 5.75 Å². The maximum atomic E-state index is 10.1. The Kier molecular flexibility index (Phi) is 8.78. The van der Waals surface area contributed by atoms with Crippen LogP contribution in [0.25, 0.3) is 0 Å². The zero-order valence-electron chi connectivity index (χ0n) is 12.1. The number of carbonyl (C=O) groups excluding carboxylic acids is 1. The maximum Gasteiger partial charge on any atom is 0.119 e. The van der Waals surface area contributed by atoms with E-state index in [1.807, 2.05) is 12.1 Å². The molecule has 0 aliphatic rings. The van der Waals surface area contributed by atoms with Gasteiger partial charge in [-0.2, -0.15) is 0 Å². The molecule has 0 saturated carbocycles. The third-order valence-corrected chi connectivity index (χ3v) is 3.26. The molecule has 0 radical (unpaired) electrons. The highest BCUT2D eigenvalue weighted by molar-refractivity contribution is 5.48. The molecular weight excluding hydrogens is 236 g/mol. The molecule has 0 spiro atoms. The number of aryl methyl sites for hydroxylation is 1. The molecule has 0 saturated heterocycles. The predicted octanol–water partition coefficient (Wildman–Crippen LogP) is 4.69. The molecule has 0 bridgehead atoms. The van der Waals surface area contributed by atoms with Crippen molar-refractivity contribution in [2.24, 2.45) is 0 Å². The van der Waals surface area contributed by atoms with Crippen molar-refractivity contribution in [1.82, 2.24) is 0 Å². The van der Waals surface area contributed by atoms with E-state index in [-0.39, 0.29) is 0 Å². The van der Waals surface area contributed by atoms with Crippen LogP contribution in [0.3, 0.4) is 0 Å². The third-order valence-electron chi connectivity index (χ3n) is 3.26. The van der Waals surface area contributed by atoms with E-state index in [0.717, 1.165) is 37.9 Å². The number of hydrogen-bond acceptors (Lipinski definition) is 2. The molecule has 0 N–H and O–H groups in total. The number of hydrogen-bond donors (Lipinski definition) is 0. The summed E-state index contributed by atoms with van der Waals surface area (Å²) in [6.45, 7) is 2.90. The Morgan fingerprint density at radius 1 is 0.895 bits per heavy atom. The van der Waals surface area contributed by atoms with Crippen LogP contribution in [0.2, 0.25) is 0 Å². The summed E-state index contributed by atoms with van der Waals surface area (Å²) in [5, 5.41) is 0. The van der Waals surface area contributed by atoms with Gasteiger partial charge in [0, 0.05) is 6.42 Å². The van der Waals surface area contributed by atoms with Crippen LogP contribution in [-0.4, -0.2) is 12.9 Å². The van der Waals surface area contributed by atoms with Gasteiger partial charge in [-0.25, -0.2) is 0 Å². The monoisotopic (exact) mass is 262 g/mol. The summed E-state index contributed by atoms with van der Waals surface area (Å²) in [5.41, 5.74) is 1.27. The highest BCUT2D eigenvalue weighted by Crippen LogP contribution is 2.13. The summed E-state index contributed by atoms with van der Waals surface area (Å²) in [6, 6.07) is 8.22. The van der Waals surface area contributed by atoms with Gasteiger partial charge in [-0.3, -0.25) is 0 Å². The van der Waals surface area contributed by atoms with Gasteiger partial charge in [0.2, 0.25) is 0 Å². The second kappa shape index (κ2) is 10.6. The van der Waals surface area contributed by atoms with Crippen LogP contribution < -0.4 is 4.74 Å². The van der Waals surface area contributed by atoms with Crippen LogP contribution in [0.4, 0.5) is 0 Å². The van der Waals surface area contributed by atoms with Gasteiger partial charge in [-0.15, -0.1) is 0 Å². The molecule has 2 heteroatoms. The molecule has 2 nitrogen and oxygen atoms in total. The average Bonchev–Trinajstić information content (AvgIpc) is 2.43. The maximum absolute atomic E-state index is 10.1. The fourth-order valence-corrected chi connectivity index (χ4v) is 2.04. The third kappa shape index (κ3) is 8.41. The number of benzene rings is 1. The Morgan fingerprint density at radius 3 is 2.11 bits per heavy atom. The van der Waals surface area contributed by atoms with E-state index in [9.17, 15) is 4.79 Å². The molecule has 106 valence electrons. The molecule has 0 aromatic heterocycles. The summed E-state index contributed by atoms with van der Waals surface area (Å²) < 4.78 is 5.68. The first-order valence-corrected chi connectivity index (χ1v) is 7.46. The van der Waals surface area contributed by atoms with Crippen LogP contribution in [0, 0.1) is 6.92 Å². The van der Waals surface area contributed by atoms with Gasteiger partial charge in [-0.1, -0.05) is 49.8 Å². The van der Waals surface area contributed by atoms with Crippen molar-refractivity contribution in [3.05, 3.63) is 29.8 Å². The lowest BCUT2D eigenvalue weighted by molar-refractivity contribution is -0.107. The predicted molar refractivity (Wildman–Crippen MR) is 79.7 cm³/mol. The largest absolute Gasteiger partial charge is 0.494 e. The molecule has 0 aliphatic heterocycles. The van der Waals surface area contributed by atoms with E-state index in [1.165, 1.54) is 37.7 Å². The van der Waals surface area contributed by atoms with Gasteiger partial charge in [0.05, 0.1) is 6.61 Å². The van der Waals surface area contributed by atoms with Gasteiger partial charge in [-0.05, 0) is 31.9 Å². The second-order valence-corrected chi connectivity index (χ2v) is 5.09. The van der Waals surface area contributed by atoms with Gasteiger partial charge in [0.15, 0.2) is 0 Å². The summed E-state index contributed by atoms with van der Waals surface area (Å²) in [5.74, 6) is 0.972. The number of unbranched alkanes of at least 4 members (excludes halogenated alkanes) is 7. The SMILES string of the molecule is Cc1ccc(OCCCCCCCCCC=O)cc1. The van der Waals surface area contributed by atoms with E-state index in [2.05, 4.69) is 19.1 Å². The Balaban J connectivity index is 1.88. The van der Waals surface area contributed by atoms with E-state index in [4.69, 9.17) is 4.74 Å². The Morgan fingerprint density at radius 2 is 1.47 bits per heavy atom. The zero-order chi connectivity index (χ0) is 13.8. The first-order valence-electron chi connectivity index (χ1n) is 7.46. The first kappa shape index (κ1) is 15.7. The van der Waals surface area contributed by atoms with Gasteiger partial charge in [0.1, 0.15) is 12.0 Å². The Labute approximate surface area is 117 Å². The molecule has 0 atom stereocenters. The number of carbonyl (C=O) groups is 1. The van der Waals surface area contributed by atoms with Crippen LogP contribution in [-0.2, 0) is 4.79 Å². The van der Waals surface area contributed by atoms with E-state index in [0.29, 0.717) is 0 Å².